The Bertz CT molecular complexity index is 760. The third kappa shape index (κ3) is 3.91. The van der Waals surface area contributed by atoms with Gasteiger partial charge in [-0.1, -0.05) is 39.0 Å². The summed E-state index contributed by atoms with van der Waals surface area (Å²) in [7, 11) is 0. The molecule has 1 amide bonds. The van der Waals surface area contributed by atoms with Crippen LogP contribution in [0, 0.1) is 6.92 Å². The number of carbonyl (C=O) groups is 1. The van der Waals surface area contributed by atoms with Gasteiger partial charge in [0.2, 0.25) is 5.95 Å². The summed E-state index contributed by atoms with van der Waals surface area (Å²) in [4.78, 5) is 21.1. The smallest absolute Gasteiger partial charge is 0.270 e. The largest absolute Gasteiger partial charge is 0.348 e. The highest BCUT2D eigenvalue weighted by atomic mass is 16.2. The van der Waals surface area contributed by atoms with Crippen molar-refractivity contribution < 1.29 is 4.79 Å². The van der Waals surface area contributed by atoms with Crippen LogP contribution in [0.2, 0.25) is 0 Å². The fourth-order valence-electron chi connectivity index (χ4n) is 2.59. The van der Waals surface area contributed by atoms with E-state index in [9.17, 15) is 4.79 Å². The van der Waals surface area contributed by atoms with Crippen molar-refractivity contribution in [3.05, 3.63) is 47.3 Å². The summed E-state index contributed by atoms with van der Waals surface area (Å²) in [6.45, 7) is 8.37. The van der Waals surface area contributed by atoms with Gasteiger partial charge in [-0.25, -0.2) is 9.97 Å². The number of nitrogens with one attached hydrogen (secondary N) is 2. The van der Waals surface area contributed by atoms with Crippen molar-refractivity contribution in [1.82, 2.24) is 15.3 Å². The molecule has 0 radical (unpaired) electrons. The number of hydrogen-bond donors (Lipinski definition) is 2. The molecule has 0 unspecified atom stereocenters. The highest BCUT2D eigenvalue weighted by Gasteiger charge is 2.25. The first kappa shape index (κ1) is 16.4. The van der Waals surface area contributed by atoms with E-state index in [0.29, 0.717) is 17.7 Å². The zero-order valence-corrected chi connectivity index (χ0v) is 14.7. The Morgan fingerprint density at radius 1 is 1.17 bits per heavy atom. The molecular weight excluding hydrogens is 300 g/mol. The van der Waals surface area contributed by atoms with Gasteiger partial charge in [0.05, 0.1) is 0 Å². The second-order valence-corrected chi connectivity index (χ2v) is 7.39. The Balaban J connectivity index is 1.88. The summed E-state index contributed by atoms with van der Waals surface area (Å²) in [5, 5.41) is 6.25. The number of hydrogen-bond acceptors (Lipinski definition) is 4. The van der Waals surface area contributed by atoms with Crippen LogP contribution in [0.4, 0.5) is 11.6 Å². The van der Waals surface area contributed by atoms with Gasteiger partial charge in [0, 0.05) is 17.4 Å². The van der Waals surface area contributed by atoms with Crippen LogP contribution in [0.3, 0.4) is 0 Å². The molecule has 1 aromatic carbocycles. The van der Waals surface area contributed by atoms with Gasteiger partial charge in [0.1, 0.15) is 5.69 Å². The highest BCUT2D eigenvalue weighted by Crippen LogP contribution is 2.30. The molecule has 5 nitrogen and oxygen atoms in total. The van der Waals surface area contributed by atoms with Crippen molar-refractivity contribution in [1.29, 1.82) is 0 Å². The fraction of sp³-hybridized carbons (Fsp3) is 0.421. The van der Waals surface area contributed by atoms with Gasteiger partial charge in [0.25, 0.3) is 5.91 Å². The van der Waals surface area contributed by atoms with Crippen molar-refractivity contribution in [2.75, 3.05) is 5.32 Å². The maximum Gasteiger partial charge on any atom is 0.270 e. The maximum atomic E-state index is 12.2. The Hall–Kier alpha value is -2.43. The molecule has 5 heteroatoms. The normalized spacial score (nSPS) is 14.3. The number of benzene rings is 1. The van der Waals surface area contributed by atoms with Crippen LogP contribution < -0.4 is 10.6 Å². The lowest BCUT2D eigenvalue weighted by atomic mass is 9.86. The predicted molar refractivity (Wildman–Crippen MR) is 95.7 cm³/mol. The van der Waals surface area contributed by atoms with Crippen LogP contribution in [-0.4, -0.2) is 21.9 Å². The van der Waals surface area contributed by atoms with Crippen LogP contribution in [0.25, 0.3) is 0 Å². The minimum atomic E-state index is -0.129. The molecule has 2 N–H and O–H groups in total. The summed E-state index contributed by atoms with van der Waals surface area (Å²) >= 11 is 0. The topological polar surface area (TPSA) is 66.9 Å². The molecule has 1 heterocycles. The monoisotopic (exact) mass is 324 g/mol. The first-order valence-electron chi connectivity index (χ1n) is 8.36. The standard InChI is InChI=1S/C19H24N4O/c1-12-11-16(17(24)21-13-9-10-13)23-18(20-12)22-15-8-6-5-7-14(15)19(2,3)4/h5-8,11,13H,9-10H2,1-4H3,(H,21,24)(H,20,22,23). The van der Waals surface area contributed by atoms with Gasteiger partial charge >= 0.3 is 0 Å². The van der Waals surface area contributed by atoms with E-state index < -0.39 is 0 Å². The van der Waals surface area contributed by atoms with Gasteiger partial charge in [0.15, 0.2) is 0 Å². The van der Waals surface area contributed by atoms with Crippen molar-refractivity contribution in [3.63, 3.8) is 0 Å². The number of para-hydroxylation sites is 1. The average molecular weight is 324 g/mol. The first-order chi connectivity index (χ1) is 11.3. The quantitative estimate of drug-likeness (QED) is 0.899. The third-order valence-corrected chi connectivity index (χ3v) is 3.98. The van der Waals surface area contributed by atoms with E-state index in [4.69, 9.17) is 0 Å². The zero-order chi connectivity index (χ0) is 17.3. The van der Waals surface area contributed by atoms with E-state index >= 15 is 0 Å². The summed E-state index contributed by atoms with van der Waals surface area (Å²) in [5.74, 6) is 0.322. The minimum Gasteiger partial charge on any atom is -0.348 e. The number of aryl methyl sites for hydroxylation is 1. The Morgan fingerprint density at radius 2 is 1.88 bits per heavy atom. The maximum absolute atomic E-state index is 12.2. The minimum absolute atomic E-state index is 0.000400. The summed E-state index contributed by atoms with van der Waals surface area (Å²) in [6.07, 6.45) is 2.11. The molecule has 0 atom stereocenters. The second-order valence-electron chi connectivity index (χ2n) is 7.39. The van der Waals surface area contributed by atoms with Crippen LogP contribution in [-0.2, 0) is 5.41 Å². The molecule has 126 valence electrons. The lowest BCUT2D eigenvalue weighted by molar-refractivity contribution is 0.0946. The molecule has 1 aliphatic rings. The van der Waals surface area contributed by atoms with Gasteiger partial charge in [-0.05, 0) is 42.9 Å². The Kier molecular flexibility index (Phi) is 4.26. The van der Waals surface area contributed by atoms with Crippen LogP contribution in [0.1, 0.15) is 55.4 Å². The van der Waals surface area contributed by atoms with Crippen molar-refractivity contribution in [3.8, 4) is 0 Å². The van der Waals surface area contributed by atoms with Crippen LogP contribution in [0.5, 0.6) is 0 Å². The molecule has 3 rings (SSSR count). The molecule has 0 saturated heterocycles. The average Bonchev–Trinajstić information content (AvgIpc) is 3.30. The summed E-state index contributed by atoms with van der Waals surface area (Å²) < 4.78 is 0. The molecule has 0 spiro atoms. The van der Waals surface area contributed by atoms with Crippen LogP contribution >= 0.6 is 0 Å². The van der Waals surface area contributed by atoms with E-state index in [1.54, 1.807) is 6.07 Å². The lowest BCUT2D eigenvalue weighted by Crippen LogP contribution is -2.26. The molecule has 0 aliphatic heterocycles. The number of amides is 1. The Labute approximate surface area is 142 Å². The van der Waals surface area contributed by atoms with Crippen molar-refractivity contribution in [2.45, 2.75) is 52.0 Å². The van der Waals surface area contributed by atoms with Gasteiger partial charge in [-0.15, -0.1) is 0 Å². The Morgan fingerprint density at radius 3 is 2.54 bits per heavy atom. The molecule has 2 aromatic rings. The van der Waals surface area contributed by atoms with Gasteiger partial charge in [-0.2, -0.15) is 0 Å². The van der Waals surface area contributed by atoms with Crippen molar-refractivity contribution >= 4 is 17.5 Å². The summed E-state index contributed by atoms with van der Waals surface area (Å²) in [5.41, 5.74) is 3.31. The van der Waals surface area contributed by atoms with E-state index in [-0.39, 0.29) is 11.3 Å². The SMILES string of the molecule is Cc1cc(C(=O)NC2CC2)nc(Nc2ccccc2C(C)(C)C)n1. The molecule has 1 aliphatic carbocycles. The highest BCUT2D eigenvalue weighted by molar-refractivity contribution is 5.93. The summed E-state index contributed by atoms with van der Waals surface area (Å²) in [6, 6.07) is 10.1. The number of aromatic nitrogens is 2. The van der Waals surface area contributed by atoms with Crippen molar-refractivity contribution in [2.24, 2.45) is 0 Å². The van der Waals surface area contributed by atoms with Gasteiger partial charge < -0.3 is 10.6 Å². The lowest BCUT2D eigenvalue weighted by Gasteiger charge is -2.23. The van der Waals surface area contributed by atoms with E-state index in [1.807, 2.05) is 25.1 Å². The molecule has 0 bridgehead atoms. The number of nitrogens with zero attached hydrogens (tertiary/aromatic N) is 2. The number of rotatable bonds is 4. The first-order valence-corrected chi connectivity index (χ1v) is 8.36. The molecule has 1 fully saturated rings. The predicted octanol–water partition coefficient (Wildman–Crippen LogP) is 3.72. The molecular formula is C19H24N4O. The van der Waals surface area contributed by atoms with E-state index in [1.165, 1.54) is 5.56 Å². The molecule has 1 saturated carbocycles. The van der Waals surface area contributed by atoms with Crippen LogP contribution in [0.15, 0.2) is 30.3 Å². The van der Waals surface area contributed by atoms with Gasteiger partial charge in [-0.3, -0.25) is 4.79 Å². The van der Waals surface area contributed by atoms with E-state index in [2.05, 4.69) is 47.4 Å². The fourth-order valence-corrected chi connectivity index (χ4v) is 2.59. The number of anilines is 2. The van der Waals surface area contributed by atoms with E-state index in [0.717, 1.165) is 24.2 Å². The second kappa shape index (κ2) is 6.23. The number of carbonyl (C=O) groups excluding carboxylic acids is 1. The third-order valence-electron chi connectivity index (χ3n) is 3.98. The molecule has 1 aromatic heterocycles. The molecule has 24 heavy (non-hydrogen) atoms. The zero-order valence-electron chi connectivity index (χ0n) is 14.7.